The number of thioether (sulfide) groups is 1. The SMILES string of the molecule is CCC1CCCCN1C(=O)Cn1c(SCc2c(F)cccc2Cl)nc2ccncc21. The van der Waals surface area contributed by atoms with Gasteiger partial charge in [-0.1, -0.05) is 36.4 Å². The van der Waals surface area contributed by atoms with Crippen molar-refractivity contribution >= 4 is 40.3 Å². The topological polar surface area (TPSA) is 51.0 Å². The minimum atomic E-state index is -0.338. The minimum absolute atomic E-state index is 0.0930. The zero-order chi connectivity index (χ0) is 21.1. The lowest BCUT2D eigenvalue weighted by Crippen LogP contribution is -2.44. The molecular weight excluding hydrogens is 423 g/mol. The molecule has 1 unspecified atom stereocenters. The lowest BCUT2D eigenvalue weighted by molar-refractivity contribution is -0.135. The fourth-order valence-corrected chi connectivity index (χ4v) is 5.35. The van der Waals surface area contributed by atoms with E-state index in [0.29, 0.717) is 27.5 Å². The minimum Gasteiger partial charge on any atom is -0.338 e. The number of pyridine rings is 1. The summed E-state index contributed by atoms with van der Waals surface area (Å²) >= 11 is 7.56. The van der Waals surface area contributed by atoms with Gasteiger partial charge in [0.1, 0.15) is 12.4 Å². The van der Waals surface area contributed by atoms with Gasteiger partial charge < -0.3 is 9.47 Å². The van der Waals surface area contributed by atoms with Crippen molar-refractivity contribution in [1.82, 2.24) is 19.4 Å². The van der Waals surface area contributed by atoms with Crippen molar-refractivity contribution in [3.05, 3.63) is 53.1 Å². The normalized spacial score (nSPS) is 16.9. The number of aromatic nitrogens is 3. The number of likely N-dealkylation sites (tertiary alicyclic amines) is 1. The van der Waals surface area contributed by atoms with Crippen molar-refractivity contribution < 1.29 is 9.18 Å². The predicted molar refractivity (Wildman–Crippen MR) is 118 cm³/mol. The van der Waals surface area contributed by atoms with E-state index in [1.165, 1.54) is 24.2 Å². The summed E-state index contributed by atoms with van der Waals surface area (Å²) in [5, 5.41) is 1.05. The van der Waals surface area contributed by atoms with Crippen molar-refractivity contribution in [3.63, 3.8) is 0 Å². The summed E-state index contributed by atoms with van der Waals surface area (Å²) in [6.45, 7) is 3.13. The maximum Gasteiger partial charge on any atom is 0.242 e. The summed E-state index contributed by atoms with van der Waals surface area (Å²) in [5.41, 5.74) is 2.01. The molecule has 1 saturated heterocycles. The Labute approximate surface area is 184 Å². The number of hydrogen-bond donors (Lipinski definition) is 0. The largest absolute Gasteiger partial charge is 0.338 e. The van der Waals surface area contributed by atoms with Crippen molar-refractivity contribution in [2.24, 2.45) is 0 Å². The number of amides is 1. The molecule has 1 aromatic carbocycles. The van der Waals surface area contributed by atoms with E-state index in [2.05, 4.69) is 16.9 Å². The highest BCUT2D eigenvalue weighted by Crippen LogP contribution is 2.31. The van der Waals surface area contributed by atoms with Crippen LogP contribution in [0.3, 0.4) is 0 Å². The number of carbonyl (C=O) groups is 1. The van der Waals surface area contributed by atoms with E-state index >= 15 is 0 Å². The highest BCUT2D eigenvalue weighted by atomic mass is 35.5. The Morgan fingerprint density at radius 1 is 1.33 bits per heavy atom. The molecule has 30 heavy (non-hydrogen) atoms. The van der Waals surface area contributed by atoms with Crippen LogP contribution in [0.5, 0.6) is 0 Å². The van der Waals surface area contributed by atoms with Crippen LogP contribution >= 0.6 is 23.4 Å². The maximum atomic E-state index is 14.2. The second kappa shape index (κ2) is 9.35. The first-order chi connectivity index (χ1) is 14.6. The average molecular weight is 447 g/mol. The lowest BCUT2D eigenvalue weighted by atomic mass is 10.00. The molecule has 1 amide bonds. The molecule has 0 aliphatic carbocycles. The van der Waals surface area contributed by atoms with E-state index < -0.39 is 0 Å². The molecule has 1 aliphatic rings. The van der Waals surface area contributed by atoms with Crippen LogP contribution in [0, 0.1) is 5.82 Å². The quantitative estimate of drug-likeness (QED) is 0.481. The first kappa shape index (κ1) is 21.1. The highest BCUT2D eigenvalue weighted by molar-refractivity contribution is 7.98. The fraction of sp³-hybridized carbons (Fsp3) is 0.409. The number of carbonyl (C=O) groups excluding carboxylic acids is 1. The van der Waals surface area contributed by atoms with Crippen molar-refractivity contribution in [2.75, 3.05) is 6.54 Å². The number of benzene rings is 1. The molecule has 0 N–H and O–H groups in total. The zero-order valence-electron chi connectivity index (χ0n) is 16.9. The molecule has 1 aliphatic heterocycles. The summed E-state index contributed by atoms with van der Waals surface area (Å²) in [7, 11) is 0. The third-order valence-corrected chi connectivity index (χ3v) is 6.99. The number of hydrogen-bond acceptors (Lipinski definition) is 4. The summed E-state index contributed by atoms with van der Waals surface area (Å²) in [5.74, 6) is 0.0857. The Bertz CT molecular complexity index is 1040. The first-order valence-corrected chi connectivity index (χ1v) is 11.6. The monoisotopic (exact) mass is 446 g/mol. The van der Waals surface area contributed by atoms with Crippen LogP contribution in [-0.4, -0.2) is 37.9 Å². The molecule has 3 heterocycles. The van der Waals surface area contributed by atoms with E-state index in [-0.39, 0.29) is 18.3 Å². The Kier molecular flexibility index (Phi) is 6.58. The Hall–Kier alpha value is -2.12. The standard InChI is InChI=1S/C22H24ClFN4OS/c1-2-15-6-3-4-11-27(15)21(29)13-28-20-12-25-10-9-19(20)26-22(28)30-14-16-17(23)7-5-8-18(16)24/h5,7-10,12,15H,2-4,6,11,13-14H2,1H3. The molecule has 0 spiro atoms. The van der Waals surface area contributed by atoms with Crippen LogP contribution in [0.25, 0.3) is 11.0 Å². The Balaban J connectivity index is 1.61. The van der Waals surface area contributed by atoms with E-state index in [1.807, 2.05) is 15.5 Å². The Morgan fingerprint density at radius 3 is 3.00 bits per heavy atom. The molecule has 1 fully saturated rings. The molecule has 8 heteroatoms. The molecule has 0 saturated carbocycles. The van der Waals surface area contributed by atoms with Gasteiger partial charge in [-0.3, -0.25) is 9.78 Å². The second-order valence-corrected chi connectivity index (χ2v) is 8.83. The van der Waals surface area contributed by atoms with Crippen LogP contribution in [0.4, 0.5) is 4.39 Å². The highest BCUT2D eigenvalue weighted by Gasteiger charge is 2.26. The van der Waals surface area contributed by atoms with Gasteiger partial charge in [-0.25, -0.2) is 9.37 Å². The van der Waals surface area contributed by atoms with Crippen molar-refractivity contribution in [2.45, 2.75) is 56.1 Å². The third-order valence-electron chi connectivity index (χ3n) is 5.63. The maximum absolute atomic E-state index is 14.2. The van der Waals surface area contributed by atoms with Crippen molar-refractivity contribution in [1.29, 1.82) is 0 Å². The lowest BCUT2D eigenvalue weighted by Gasteiger charge is -2.35. The van der Waals surface area contributed by atoms with Gasteiger partial charge in [0.15, 0.2) is 5.16 Å². The van der Waals surface area contributed by atoms with Crippen LogP contribution in [0.2, 0.25) is 5.02 Å². The van der Waals surface area contributed by atoms with Crippen molar-refractivity contribution in [3.8, 4) is 0 Å². The Morgan fingerprint density at radius 2 is 2.20 bits per heavy atom. The summed E-state index contributed by atoms with van der Waals surface area (Å²) in [4.78, 5) is 24.1. The van der Waals surface area contributed by atoms with Crippen LogP contribution in [0.1, 0.15) is 38.2 Å². The van der Waals surface area contributed by atoms with Crippen LogP contribution in [0.15, 0.2) is 41.8 Å². The molecule has 5 nitrogen and oxygen atoms in total. The van der Waals surface area contributed by atoms with Gasteiger partial charge >= 0.3 is 0 Å². The second-order valence-electron chi connectivity index (χ2n) is 7.48. The van der Waals surface area contributed by atoms with Gasteiger partial charge in [-0.05, 0) is 43.9 Å². The van der Waals surface area contributed by atoms with Gasteiger partial charge in [0.05, 0.1) is 17.2 Å². The number of rotatable bonds is 6. The van der Waals surface area contributed by atoms with Gasteiger partial charge in [-0.2, -0.15) is 0 Å². The number of piperidine rings is 1. The summed E-state index contributed by atoms with van der Waals surface area (Å²) in [6.07, 6.45) is 7.64. The molecule has 158 valence electrons. The number of fused-ring (bicyclic) bond motifs is 1. The van der Waals surface area contributed by atoms with E-state index in [4.69, 9.17) is 11.6 Å². The predicted octanol–water partition coefficient (Wildman–Crippen LogP) is 5.31. The van der Waals surface area contributed by atoms with E-state index in [9.17, 15) is 9.18 Å². The van der Waals surface area contributed by atoms with Crippen LogP contribution in [-0.2, 0) is 17.1 Å². The van der Waals surface area contributed by atoms with Gasteiger partial charge in [0.25, 0.3) is 0 Å². The van der Waals surface area contributed by atoms with Gasteiger partial charge in [-0.15, -0.1) is 0 Å². The van der Waals surface area contributed by atoms with Gasteiger partial charge in [0.2, 0.25) is 5.91 Å². The summed E-state index contributed by atoms with van der Waals surface area (Å²) < 4.78 is 16.1. The summed E-state index contributed by atoms with van der Waals surface area (Å²) in [6, 6.07) is 6.80. The van der Waals surface area contributed by atoms with Gasteiger partial charge in [0, 0.05) is 35.1 Å². The molecule has 1 atom stereocenters. The molecule has 3 aromatic rings. The molecule has 2 aromatic heterocycles. The van der Waals surface area contributed by atoms with E-state index in [1.54, 1.807) is 24.5 Å². The molecule has 4 rings (SSSR count). The average Bonchev–Trinajstić information content (AvgIpc) is 3.10. The molecule has 0 bridgehead atoms. The smallest absolute Gasteiger partial charge is 0.242 e. The molecule has 0 radical (unpaired) electrons. The van der Waals surface area contributed by atoms with Crippen LogP contribution < -0.4 is 0 Å². The van der Waals surface area contributed by atoms with E-state index in [0.717, 1.165) is 36.8 Å². The fourth-order valence-electron chi connectivity index (χ4n) is 4.00. The number of nitrogens with zero attached hydrogens (tertiary/aromatic N) is 4. The third kappa shape index (κ3) is 4.32. The zero-order valence-corrected chi connectivity index (χ0v) is 18.4. The number of imidazole rings is 1. The first-order valence-electron chi connectivity index (χ1n) is 10.2. The number of halogens is 2. The molecular formula is C22H24ClFN4OS.